The van der Waals surface area contributed by atoms with Crippen molar-refractivity contribution in [2.24, 2.45) is 0 Å². The summed E-state index contributed by atoms with van der Waals surface area (Å²) in [5.74, 6) is -1.14. The molecule has 1 aromatic carbocycles. The fourth-order valence-electron chi connectivity index (χ4n) is 1.54. The zero-order chi connectivity index (χ0) is 12.3. The van der Waals surface area contributed by atoms with Crippen molar-refractivity contribution in [1.82, 2.24) is 0 Å². The molecule has 2 rings (SSSR count). The second-order valence-corrected chi connectivity index (χ2v) is 3.93. The Hall–Kier alpha value is -2.05. The van der Waals surface area contributed by atoms with Crippen LogP contribution in [-0.2, 0) is 0 Å². The SMILES string of the molecule is N#CC(C(=O)c1ccoc1)c1cccc(Cl)c1. The summed E-state index contributed by atoms with van der Waals surface area (Å²) in [5, 5.41) is 9.60. The minimum Gasteiger partial charge on any atom is -0.472 e. The average molecular weight is 246 g/mol. The van der Waals surface area contributed by atoms with Crippen LogP contribution in [0, 0.1) is 11.3 Å². The van der Waals surface area contributed by atoms with Crippen molar-refractivity contribution in [2.75, 3.05) is 0 Å². The lowest BCUT2D eigenvalue weighted by atomic mass is 9.93. The van der Waals surface area contributed by atoms with Gasteiger partial charge in [-0.2, -0.15) is 5.26 Å². The van der Waals surface area contributed by atoms with Gasteiger partial charge in [-0.05, 0) is 23.8 Å². The molecule has 0 fully saturated rings. The quantitative estimate of drug-likeness (QED) is 0.779. The largest absolute Gasteiger partial charge is 0.472 e. The Balaban J connectivity index is 2.35. The van der Waals surface area contributed by atoms with E-state index in [1.54, 1.807) is 24.3 Å². The van der Waals surface area contributed by atoms with Crippen LogP contribution < -0.4 is 0 Å². The molecule has 0 bridgehead atoms. The lowest BCUT2D eigenvalue weighted by Crippen LogP contribution is -2.10. The lowest BCUT2D eigenvalue weighted by molar-refractivity contribution is 0.0978. The molecule has 0 N–H and O–H groups in total. The van der Waals surface area contributed by atoms with E-state index in [1.165, 1.54) is 18.6 Å². The van der Waals surface area contributed by atoms with Gasteiger partial charge in [0.25, 0.3) is 0 Å². The fourth-order valence-corrected chi connectivity index (χ4v) is 1.74. The summed E-state index contributed by atoms with van der Waals surface area (Å²) in [6.45, 7) is 0. The Morgan fingerprint density at radius 1 is 1.41 bits per heavy atom. The molecule has 2 aromatic rings. The van der Waals surface area contributed by atoms with E-state index in [9.17, 15) is 4.79 Å². The van der Waals surface area contributed by atoms with E-state index in [2.05, 4.69) is 0 Å². The molecule has 1 heterocycles. The van der Waals surface area contributed by atoms with Gasteiger partial charge in [-0.15, -0.1) is 0 Å². The molecule has 0 saturated carbocycles. The standard InChI is InChI=1S/C13H8ClNO2/c14-11-3-1-2-9(6-11)12(7-15)13(16)10-4-5-17-8-10/h1-6,8,12H. The van der Waals surface area contributed by atoms with Gasteiger partial charge in [0.2, 0.25) is 0 Å². The summed E-state index contributed by atoms with van der Waals surface area (Å²) in [6.07, 6.45) is 2.73. The Labute approximate surface area is 103 Å². The van der Waals surface area contributed by atoms with E-state index in [0.29, 0.717) is 16.1 Å². The Kier molecular flexibility index (Phi) is 3.27. The summed E-state index contributed by atoms with van der Waals surface area (Å²) >= 11 is 5.84. The number of hydrogen-bond acceptors (Lipinski definition) is 3. The van der Waals surface area contributed by atoms with Crippen LogP contribution in [0.25, 0.3) is 0 Å². The zero-order valence-electron chi connectivity index (χ0n) is 8.76. The predicted molar refractivity (Wildman–Crippen MR) is 62.8 cm³/mol. The molecule has 1 unspecified atom stereocenters. The number of furan rings is 1. The first-order valence-corrected chi connectivity index (χ1v) is 5.31. The maximum absolute atomic E-state index is 12.0. The summed E-state index contributed by atoms with van der Waals surface area (Å²) in [7, 11) is 0. The molecule has 0 radical (unpaired) electrons. The van der Waals surface area contributed by atoms with Gasteiger partial charge in [-0.25, -0.2) is 0 Å². The summed E-state index contributed by atoms with van der Waals surface area (Å²) in [4.78, 5) is 12.0. The lowest BCUT2D eigenvalue weighted by Gasteiger charge is -2.07. The first kappa shape index (κ1) is 11.4. The number of rotatable bonds is 3. The highest BCUT2D eigenvalue weighted by molar-refractivity contribution is 6.30. The summed E-state index contributed by atoms with van der Waals surface area (Å²) in [6, 6.07) is 10.3. The third-order valence-electron chi connectivity index (χ3n) is 2.38. The smallest absolute Gasteiger partial charge is 0.187 e. The molecule has 0 spiro atoms. The molecule has 17 heavy (non-hydrogen) atoms. The molecule has 0 saturated heterocycles. The number of benzene rings is 1. The van der Waals surface area contributed by atoms with Crippen LogP contribution in [0.1, 0.15) is 21.8 Å². The predicted octanol–water partition coefficient (Wildman–Crippen LogP) is 3.42. The number of hydrogen-bond donors (Lipinski definition) is 0. The van der Waals surface area contributed by atoms with E-state index in [0.717, 1.165) is 0 Å². The molecular formula is C13H8ClNO2. The van der Waals surface area contributed by atoms with E-state index in [-0.39, 0.29) is 5.78 Å². The topological polar surface area (TPSA) is 54.0 Å². The van der Waals surface area contributed by atoms with Crippen LogP contribution >= 0.6 is 11.6 Å². The highest BCUT2D eigenvalue weighted by Gasteiger charge is 2.22. The highest BCUT2D eigenvalue weighted by Crippen LogP contribution is 2.23. The molecule has 0 aliphatic heterocycles. The van der Waals surface area contributed by atoms with Crippen molar-refractivity contribution in [3.8, 4) is 6.07 Å². The maximum atomic E-state index is 12.0. The van der Waals surface area contributed by atoms with Crippen molar-refractivity contribution in [1.29, 1.82) is 5.26 Å². The highest BCUT2D eigenvalue weighted by atomic mass is 35.5. The average Bonchev–Trinajstić information content (AvgIpc) is 2.83. The van der Waals surface area contributed by atoms with Crippen LogP contribution in [0.4, 0.5) is 0 Å². The van der Waals surface area contributed by atoms with Crippen LogP contribution in [0.5, 0.6) is 0 Å². The third kappa shape index (κ3) is 2.38. The molecule has 0 aliphatic carbocycles. The number of ketones is 1. The fraction of sp³-hybridized carbons (Fsp3) is 0.0769. The van der Waals surface area contributed by atoms with Gasteiger partial charge in [0.1, 0.15) is 12.2 Å². The minimum absolute atomic E-state index is 0.288. The number of Topliss-reactive ketones (excluding diaryl/α,β-unsaturated/α-hetero) is 1. The Morgan fingerprint density at radius 2 is 2.24 bits per heavy atom. The van der Waals surface area contributed by atoms with Gasteiger partial charge in [0.15, 0.2) is 5.78 Å². The van der Waals surface area contributed by atoms with Crippen molar-refractivity contribution in [3.05, 3.63) is 59.0 Å². The van der Waals surface area contributed by atoms with Gasteiger partial charge in [-0.1, -0.05) is 23.7 Å². The van der Waals surface area contributed by atoms with Crippen molar-refractivity contribution >= 4 is 17.4 Å². The van der Waals surface area contributed by atoms with Crippen molar-refractivity contribution in [3.63, 3.8) is 0 Å². The summed E-state index contributed by atoms with van der Waals surface area (Å²) < 4.78 is 4.83. The van der Waals surface area contributed by atoms with Crippen LogP contribution in [0.15, 0.2) is 47.3 Å². The first-order chi connectivity index (χ1) is 8.22. The number of nitrogens with zero attached hydrogens (tertiary/aromatic N) is 1. The molecule has 4 heteroatoms. The Bertz CT molecular complexity index is 569. The monoisotopic (exact) mass is 245 g/mol. The van der Waals surface area contributed by atoms with E-state index in [1.807, 2.05) is 6.07 Å². The maximum Gasteiger partial charge on any atom is 0.187 e. The second kappa shape index (κ2) is 4.86. The number of carbonyl (C=O) groups is 1. The molecule has 1 aromatic heterocycles. The normalized spacial score (nSPS) is 11.8. The van der Waals surface area contributed by atoms with Crippen LogP contribution in [0.2, 0.25) is 5.02 Å². The van der Waals surface area contributed by atoms with Crippen molar-refractivity contribution in [2.45, 2.75) is 5.92 Å². The third-order valence-corrected chi connectivity index (χ3v) is 2.61. The molecule has 0 amide bonds. The van der Waals surface area contributed by atoms with Crippen LogP contribution in [0.3, 0.4) is 0 Å². The molecular weight excluding hydrogens is 238 g/mol. The summed E-state index contributed by atoms with van der Waals surface area (Å²) in [5.41, 5.74) is 0.975. The molecule has 84 valence electrons. The first-order valence-electron chi connectivity index (χ1n) is 4.94. The molecule has 1 atom stereocenters. The molecule has 3 nitrogen and oxygen atoms in total. The number of carbonyl (C=O) groups excluding carboxylic acids is 1. The molecule has 0 aliphatic rings. The van der Waals surface area contributed by atoms with Gasteiger partial charge in [-0.3, -0.25) is 4.79 Å². The second-order valence-electron chi connectivity index (χ2n) is 3.49. The number of nitriles is 1. The Morgan fingerprint density at radius 3 is 2.82 bits per heavy atom. The van der Waals surface area contributed by atoms with E-state index < -0.39 is 5.92 Å². The zero-order valence-corrected chi connectivity index (χ0v) is 9.52. The van der Waals surface area contributed by atoms with Gasteiger partial charge in [0.05, 0.1) is 17.9 Å². The van der Waals surface area contributed by atoms with Gasteiger partial charge in [0, 0.05) is 5.02 Å². The number of halogens is 1. The van der Waals surface area contributed by atoms with Gasteiger partial charge < -0.3 is 4.42 Å². The van der Waals surface area contributed by atoms with E-state index >= 15 is 0 Å². The minimum atomic E-state index is -0.855. The van der Waals surface area contributed by atoms with Gasteiger partial charge >= 0.3 is 0 Å². The van der Waals surface area contributed by atoms with E-state index in [4.69, 9.17) is 21.3 Å². The van der Waals surface area contributed by atoms with Crippen molar-refractivity contribution < 1.29 is 9.21 Å². The van der Waals surface area contributed by atoms with Crippen LogP contribution in [-0.4, -0.2) is 5.78 Å².